The van der Waals surface area contributed by atoms with Crippen molar-refractivity contribution < 1.29 is 14.3 Å². The number of ether oxygens (including phenoxy) is 2. The summed E-state index contributed by atoms with van der Waals surface area (Å²) in [4.78, 5) is 16.7. The van der Waals surface area contributed by atoms with E-state index in [9.17, 15) is 4.79 Å². The number of halogens is 1. The summed E-state index contributed by atoms with van der Waals surface area (Å²) in [6.07, 6.45) is 0. The molecule has 31 heavy (non-hydrogen) atoms. The van der Waals surface area contributed by atoms with Crippen molar-refractivity contribution in [2.45, 2.75) is 6.54 Å². The van der Waals surface area contributed by atoms with Crippen molar-refractivity contribution in [2.75, 3.05) is 32.8 Å². The molecule has 0 aliphatic carbocycles. The molecular weight excluding hydrogens is 456 g/mol. The molecule has 1 fully saturated rings. The smallest absolute Gasteiger partial charge is 0.260 e. The number of hydrogen-bond acceptors (Lipinski definition) is 4. The van der Waals surface area contributed by atoms with Crippen LogP contribution in [0.1, 0.15) is 5.56 Å². The van der Waals surface area contributed by atoms with Crippen molar-refractivity contribution in [3.05, 3.63) is 88.9 Å². The molecule has 6 heteroatoms. The highest BCUT2D eigenvalue weighted by Crippen LogP contribution is 2.23. The molecule has 1 heterocycles. The average Bonchev–Trinajstić information content (AvgIpc) is 2.80. The van der Waals surface area contributed by atoms with Gasteiger partial charge < -0.3 is 14.4 Å². The Morgan fingerprint density at radius 2 is 1.52 bits per heavy atom. The van der Waals surface area contributed by atoms with Crippen LogP contribution in [-0.4, -0.2) is 48.5 Å². The van der Waals surface area contributed by atoms with Crippen molar-refractivity contribution in [1.82, 2.24) is 9.80 Å². The summed E-state index contributed by atoms with van der Waals surface area (Å²) >= 11 is 3.39. The molecule has 1 aliphatic rings. The van der Waals surface area contributed by atoms with Gasteiger partial charge in [-0.3, -0.25) is 9.69 Å². The number of para-hydroxylation sites is 1. The van der Waals surface area contributed by atoms with Crippen LogP contribution in [-0.2, 0) is 11.3 Å². The highest BCUT2D eigenvalue weighted by Gasteiger charge is 2.21. The average molecular weight is 481 g/mol. The predicted molar refractivity (Wildman–Crippen MR) is 124 cm³/mol. The van der Waals surface area contributed by atoms with Gasteiger partial charge in [0.15, 0.2) is 6.61 Å². The fourth-order valence-corrected chi connectivity index (χ4v) is 3.78. The van der Waals surface area contributed by atoms with Gasteiger partial charge >= 0.3 is 0 Å². The fourth-order valence-electron chi connectivity index (χ4n) is 3.51. The molecule has 0 atom stereocenters. The van der Waals surface area contributed by atoms with Crippen molar-refractivity contribution in [1.29, 1.82) is 0 Å². The van der Waals surface area contributed by atoms with E-state index in [1.807, 2.05) is 71.6 Å². The zero-order valence-electron chi connectivity index (χ0n) is 17.2. The van der Waals surface area contributed by atoms with E-state index in [1.165, 1.54) is 5.56 Å². The quantitative estimate of drug-likeness (QED) is 0.478. The van der Waals surface area contributed by atoms with E-state index in [-0.39, 0.29) is 12.5 Å². The van der Waals surface area contributed by atoms with Gasteiger partial charge in [-0.2, -0.15) is 0 Å². The minimum absolute atomic E-state index is 0.0285. The lowest BCUT2D eigenvalue weighted by molar-refractivity contribution is -0.135. The maximum Gasteiger partial charge on any atom is 0.260 e. The first-order valence-corrected chi connectivity index (χ1v) is 11.2. The zero-order valence-corrected chi connectivity index (χ0v) is 18.8. The van der Waals surface area contributed by atoms with Crippen LogP contribution in [0.5, 0.6) is 17.2 Å². The van der Waals surface area contributed by atoms with Gasteiger partial charge in [0.05, 0.1) is 0 Å². The molecule has 5 nitrogen and oxygen atoms in total. The summed E-state index contributed by atoms with van der Waals surface area (Å²) in [6, 6.07) is 25.5. The minimum Gasteiger partial charge on any atom is -0.484 e. The molecule has 0 N–H and O–H groups in total. The second kappa shape index (κ2) is 10.5. The van der Waals surface area contributed by atoms with Gasteiger partial charge in [-0.15, -0.1) is 0 Å². The van der Waals surface area contributed by atoms with Gasteiger partial charge in [-0.1, -0.05) is 46.3 Å². The lowest BCUT2D eigenvalue weighted by atomic mass is 10.2. The number of rotatable bonds is 7. The summed E-state index contributed by atoms with van der Waals surface area (Å²) in [6.45, 7) is 4.01. The van der Waals surface area contributed by atoms with Crippen molar-refractivity contribution in [3.8, 4) is 17.2 Å². The minimum atomic E-state index is 0.0285. The standard InChI is InChI=1S/C25H25BrN2O3/c26-21-9-11-22(12-10-21)30-19-25(29)28-15-13-27(14-16-28)18-20-5-4-8-24(17-20)31-23-6-2-1-3-7-23/h1-12,17H,13-16,18-19H2. The molecule has 3 aromatic rings. The van der Waals surface area contributed by atoms with Crippen molar-refractivity contribution in [3.63, 3.8) is 0 Å². The first-order chi connectivity index (χ1) is 15.2. The second-order valence-electron chi connectivity index (χ2n) is 7.46. The lowest BCUT2D eigenvalue weighted by Gasteiger charge is -2.34. The van der Waals surface area contributed by atoms with Crippen LogP contribution in [0.3, 0.4) is 0 Å². The molecule has 0 bridgehead atoms. The monoisotopic (exact) mass is 480 g/mol. The lowest BCUT2D eigenvalue weighted by Crippen LogP contribution is -2.49. The Morgan fingerprint density at radius 3 is 2.26 bits per heavy atom. The summed E-state index contributed by atoms with van der Waals surface area (Å²) in [7, 11) is 0. The largest absolute Gasteiger partial charge is 0.484 e. The van der Waals surface area contributed by atoms with E-state index in [0.29, 0.717) is 18.8 Å². The zero-order chi connectivity index (χ0) is 21.5. The maximum atomic E-state index is 12.5. The topological polar surface area (TPSA) is 42.0 Å². The molecule has 1 saturated heterocycles. The van der Waals surface area contributed by atoms with E-state index in [1.54, 1.807) is 0 Å². The highest BCUT2D eigenvalue weighted by atomic mass is 79.9. The Kier molecular flexibility index (Phi) is 7.22. The Hall–Kier alpha value is -2.83. The van der Waals surface area contributed by atoms with Crippen molar-refractivity contribution >= 4 is 21.8 Å². The number of carbonyl (C=O) groups excluding carboxylic acids is 1. The van der Waals surface area contributed by atoms with E-state index in [4.69, 9.17) is 9.47 Å². The number of piperazine rings is 1. The normalized spacial score (nSPS) is 14.3. The van der Waals surface area contributed by atoms with E-state index >= 15 is 0 Å². The predicted octanol–water partition coefficient (Wildman–Crippen LogP) is 4.96. The van der Waals surface area contributed by atoms with E-state index in [2.05, 4.69) is 33.0 Å². The Labute approximate surface area is 191 Å². The molecule has 0 radical (unpaired) electrons. The third kappa shape index (κ3) is 6.32. The molecule has 4 rings (SSSR count). The molecule has 160 valence electrons. The van der Waals surface area contributed by atoms with Gasteiger partial charge in [0.1, 0.15) is 17.2 Å². The Bertz CT molecular complexity index is 987. The molecule has 0 aromatic heterocycles. The van der Waals surface area contributed by atoms with Crippen LogP contribution in [0.15, 0.2) is 83.3 Å². The van der Waals surface area contributed by atoms with E-state index in [0.717, 1.165) is 35.6 Å². The fraction of sp³-hybridized carbons (Fsp3) is 0.240. The molecule has 0 spiro atoms. The van der Waals surface area contributed by atoms with Crippen LogP contribution in [0.2, 0.25) is 0 Å². The van der Waals surface area contributed by atoms with Crippen LogP contribution in [0.25, 0.3) is 0 Å². The highest BCUT2D eigenvalue weighted by molar-refractivity contribution is 9.10. The molecular formula is C25H25BrN2O3. The number of hydrogen-bond donors (Lipinski definition) is 0. The van der Waals surface area contributed by atoms with Gasteiger partial charge in [0.2, 0.25) is 0 Å². The first-order valence-electron chi connectivity index (χ1n) is 10.4. The first kappa shape index (κ1) is 21.4. The summed E-state index contributed by atoms with van der Waals surface area (Å²) in [5.41, 5.74) is 1.20. The number of nitrogens with zero attached hydrogens (tertiary/aromatic N) is 2. The number of benzene rings is 3. The van der Waals surface area contributed by atoms with Crippen molar-refractivity contribution in [2.24, 2.45) is 0 Å². The summed E-state index contributed by atoms with van der Waals surface area (Å²) in [5.74, 6) is 2.40. The third-order valence-electron chi connectivity index (χ3n) is 5.18. The van der Waals surface area contributed by atoms with Gasteiger partial charge in [-0.25, -0.2) is 0 Å². The Morgan fingerprint density at radius 1 is 0.806 bits per heavy atom. The Balaban J connectivity index is 1.24. The molecule has 1 aliphatic heterocycles. The van der Waals surface area contributed by atoms with Gasteiger partial charge in [-0.05, 0) is 54.1 Å². The molecule has 3 aromatic carbocycles. The van der Waals surface area contributed by atoms with Crippen LogP contribution < -0.4 is 9.47 Å². The van der Waals surface area contributed by atoms with Crippen LogP contribution in [0, 0.1) is 0 Å². The number of carbonyl (C=O) groups is 1. The number of amides is 1. The SMILES string of the molecule is O=C(COc1ccc(Br)cc1)N1CCN(Cc2cccc(Oc3ccccc3)c2)CC1. The maximum absolute atomic E-state index is 12.5. The third-order valence-corrected chi connectivity index (χ3v) is 5.71. The van der Waals surface area contributed by atoms with Crippen LogP contribution >= 0.6 is 15.9 Å². The second-order valence-corrected chi connectivity index (χ2v) is 8.38. The molecule has 0 unspecified atom stereocenters. The summed E-state index contributed by atoms with van der Waals surface area (Å²) in [5, 5.41) is 0. The van der Waals surface area contributed by atoms with Gasteiger partial charge in [0, 0.05) is 37.2 Å². The molecule has 1 amide bonds. The van der Waals surface area contributed by atoms with Gasteiger partial charge in [0.25, 0.3) is 5.91 Å². The summed E-state index contributed by atoms with van der Waals surface area (Å²) < 4.78 is 12.5. The van der Waals surface area contributed by atoms with E-state index < -0.39 is 0 Å². The molecule has 0 saturated carbocycles. The van der Waals surface area contributed by atoms with Crippen LogP contribution in [0.4, 0.5) is 0 Å².